The molecule has 0 saturated heterocycles. The van der Waals surface area contributed by atoms with Gasteiger partial charge in [-0.2, -0.15) is 0 Å². The van der Waals surface area contributed by atoms with Crippen molar-refractivity contribution in [1.82, 2.24) is 0 Å². The summed E-state index contributed by atoms with van der Waals surface area (Å²) < 4.78 is 9.83. The minimum Gasteiger partial charge on any atom is -0.462 e. The molecule has 1 rings (SSSR count). The summed E-state index contributed by atoms with van der Waals surface area (Å²) in [5, 5.41) is 0. The van der Waals surface area contributed by atoms with Gasteiger partial charge in [0.05, 0.1) is 13.2 Å². The monoisotopic (exact) mass is 304 g/mol. The van der Waals surface area contributed by atoms with Crippen LogP contribution >= 0.6 is 15.9 Å². The highest BCUT2D eigenvalue weighted by Crippen LogP contribution is 2.34. The van der Waals surface area contributed by atoms with Crippen molar-refractivity contribution in [3.63, 3.8) is 0 Å². The van der Waals surface area contributed by atoms with E-state index in [0.29, 0.717) is 0 Å². The fourth-order valence-electron chi connectivity index (χ4n) is 1.84. The number of carbonyl (C=O) groups is 2. The zero-order valence-corrected chi connectivity index (χ0v) is 11.7. The van der Waals surface area contributed by atoms with Crippen LogP contribution in [0.2, 0.25) is 0 Å². The Morgan fingerprint density at radius 1 is 1.24 bits per heavy atom. The lowest BCUT2D eigenvalue weighted by molar-refractivity contribution is -0.146. The third-order valence-electron chi connectivity index (χ3n) is 2.56. The van der Waals surface area contributed by atoms with E-state index in [2.05, 4.69) is 15.9 Å². The molecule has 1 aliphatic carbocycles. The molecule has 1 atom stereocenters. The van der Waals surface area contributed by atoms with Crippen LogP contribution in [0.3, 0.4) is 0 Å². The molecule has 0 aromatic heterocycles. The molecule has 0 amide bonds. The van der Waals surface area contributed by atoms with Crippen LogP contribution in [0.1, 0.15) is 33.1 Å². The predicted molar refractivity (Wildman–Crippen MR) is 66.9 cm³/mol. The van der Waals surface area contributed by atoms with Crippen LogP contribution < -0.4 is 0 Å². The molecule has 0 aromatic carbocycles. The van der Waals surface area contributed by atoms with Gasteiger partial charge in [0.25, 0.3) is 0 Å². The molecule has 0 heterocycles. The quantitative estimate of drug-likeness (QED) is 0.263. The van der Waals surface area contributed by atoms with Crippen LogP contribution in [-0.2, 0) is 19.1 Å². The first-order chi connectivity index (χ1) is 8.11. The van der Waals surface area contributed by atoms with Gasteiger partial charge in [-0.3, -0.25) is 0 Å². The Hall–Kier alpha value is -0.840. The molecule has 1 fully saturated rings. The summed E-state index contributed by atoms with van der Waals surface area (Å²) >= 11 is 3.47. The Bertz CT molecular complexity index is 315. The summed E-state index contributed by atoms with van der Waals surface area (Å²) in [6.45, 7) is 3.93. The minimum atomic E-state index is -0.577. The van der Waals surface area contributed by atoms with Crippen molar-refractivity contribution >= 4 is 27.9 Å². The predicted octanol–water partition coefficient (Wildman–Crippen LogP) is 2.36. The smallest absolute Gasteiger partial charge is 0.345 e. The van der Waals surface area contributed by atoms with E-state index in [1.54, 1.807) is 13.8 Å². The van der Waals surface area contributed by atoms with Crippen molar-refractivity contribution in [2.24, 2.45) is 0 Å². The number of rotatable bonds is 4. The lowest BCUT2D eigenvalue weighted by atomic mass is 10.1. The minimum absolute atomic E-state index is 0.0753. The number of alkyl halides is 1. The van der Waals surface area contributed by atoms with Gasteiger partial charge in [-0.1, -0.05) is 15.9 Å². The maximum Gasteiger partial charge on any atom is 0.345 e. The molecule has 96 valence electrons. The second kappa shape index (κ2) is 6.79. The molecule has 1 aliphatic rings. The largest absolute Gasteiger partial charge is 0.462 e. The molecule has 1 saturated carbocycles. The molecule has 0 aliphatic heterocycles. The highest BCUT2D eigenvalue weighted by Gasteiger charge is 2.31. The van der Waals surface area contributed by atoms with E-state index < -0.39 is 11.9 Å². The van der Waals surface area contributed by atoms with Crippen molar-refractivity contribution in [3.05, 3.63) is 11.1 Å². The zero-order chi connectivity index (χ0) is 12.8. The second-order valence-electron chi connectivity index (χ2n) is 3.70. The molecule has 0 radical (unpaired) electrons. The highest BCUT2D eigenvalue weighted by atomic mass is 79.9. The Morgan fingerprint density at radius 2 is 1.76 bits per heavy atom. The van der Waals surface area contributed by atoms with Crippen molar-refractivity contribution in [3.8, 4) is 0 Å². The lowest BCUT2D eigenvalue weighted by Crippen LogP contribution is -2.21. The number of allylic oxidation sites excluding steroid dienone is 1. The number of hydrogen-bond acceptors (Lipinski definition) is 4. The van der Waals surface area contributed by atoms with Crippen LogP contribution in [0.25, 0.3) is 0 Å². The maximum atomic E-state index is 11.8. The molecule has 5 heteroatoms. The van der Waals surface area contributed by atoms with Crippen molar-refractivity contribution in [2.45, 2.75) is 37.9 Å². The van der Waals surface area contributed by atoms with Gasteiger partial charge in [0.1, 0.15) is 5.57 Å². The zero-order valence-electron chi connectivity index (χ0n) is 10.1. The van der Waals surface area contributed by atoms with E-state index in [1.165, 1.54) is 0 Å². The van der Waals surface area contributed by atoms with Crippen molar-refractivity contribution in [2.75, 3.05) is 13.2 Å². The first-order valence-corrected chi connectivity index (χ1v) is 6.74. The van der Waals surface area contributed by atoms with Gasteiger partial charge in [0.2, 0.25) is 0 Å². The summed E-state index contributed by atoms with van der Waals surface area (Å²) in [5.74, 6) is -1.15. The molecule has 4 nitrogen and oxygen atoms in total. The fraction of sp³-hybridized carbons (Fsp3) is 0.667. The summed E-state index contributed by atoms with van der Waals surface area (Å²) in [6.07, 6.45) is 2.63. The van der Waals surface area contributed by atoms with E-state index >= 15 is 0 Å². The highest BCUT2D eigenvalue weighted by molar-refractivity contribution is 9.09. The van der Waals surface area contributed by atoms with Crippen LogP contribution in [-0.4, -0.2) is 30.0 Å². The fourth-order valence-corrected chi connectivity index (χ4v) is 2.62. The summed E-state index contributed by atoms with van der Waals surface area (Å²) in [6, 6.07) is 0. The number of esters is 2. The van der Waals surface area contributed by atoms with Crippen LogP contribution in [0, 0.1) is 0 Å². The molecular weight excluding hydrogens is 288 g/mol. The first kappa shape index (κ1) is 14.2. The van der Waals surface area contributed by atoms with E-state index in [1.807, 2.05) is 0 Å². The Kier molecular flexibility index (Phi) is 5.68. The lowest BCUT2D eigenvalue weighted by Gasteiger charge is -2.11. The Balaban J connectivity index is 3.01. The van der Waals surface area contributed by atoms with E-state index in [0.717, 1.165) is 24.8 Å². The van der Waals surface area contributed by atoms with Gasteiger partial charge in [-0.25, -0.2) is 9.59 Å². The average Bonchev–Trinajstić information content (AvgIpc) is 2.66. The van der Waals surface area contributed by atoms with Crippen molar-refractivity contribution in [1.29, 1.82) is 0 Å². The summed E-state index contributed by atoms with van der Waals surface area (Å²) in [4.78, 5) is 23.7. The molecule has 0 N–H and O–H groups in total. The standard InChI is InChI=1S/C12H17BrO4/c1-3-16-11(14)10(12(15)17-4-2)8-6-5-7-9(8)13/h9H,3-7H2,1-2H3. The second-order valence-corrected chi connectivity index (χ2v) is 4.81. The Morgan fingerprint density at radius 3 is 2.12 bits per heavy atom. The number of halogens is 1. The van der Waals surface area contributed by atoms with Crippen molar-refractivity contribution < 1.29 is 19.1 Å². The summed E-state index contributed by atoms with van der Waals surface area (Å²) in [5.41, 5.74) is 0.884. The first-order valence-electron chi connectivity index (χ1n) is 5.83. The molecule has 1 unspecified atom stereocenters. The SMILES string of the molecule is CCOC(=O)C(C(=O)OCC)=C1CCCC1Br. The van der Waals surface area contributed by atoms with Gasteiger partial charge in [-0.05, 0) is 38.7 Å². The molecule has 17 heavy (non-hydrogen) atoms. The van der Waals surface area contributed by atoms with Gasteiger partial charge in [0, 0.05) is 4.83 Å². The molecule has 0 aromatic rings. The maximum absolute atomic E-state index is 11.8. The van der Waals surface area contributed by atoms with E-state index in [4.69, 9.17) is 9.47 Å². The normalized spacial score (nSPS) is 19.0. The van der Waals surface area contributed by atoms with Crippen LogP contribution in [0.15, 0.2) is 11.1 Å². The number of carbonyl (C=O) groups excluding carboxylic acids is 2. The average molecular weight is 305 g/mol. The molecule has 0 bridgehead atoms. The van der Waals surface area contributed by atoms with Gasteiger partial charge in [0.15, 0.2) is 0 Å². The third-order valence-corrected chi connectivity index (χ3v) is 3.57. The number of ether oxygens (including phenoxy) is 2. The van der Waals surface area contributed by atoms with E-state index in [-0.39, 0.29) is 23.6 Å². The van der Waals surface area contributed by atoms with Crippen LogP contribution in [0.5, 0.6) is 0 Å². The van der Waals surface area contributed by atoms with E-state index in [9.17, 15) is 9.59 Å². The van der Waals surface area contributed by atoms with Crippen LogP contribution in [0.4, 0.5) is 0 Å². The number of hydrogen-bond donors (Lipinski definition) is 0. The van der Waals surface area contributed by atoms with Gasteiger partial charge >= 0.3 is 11.9 Å². The topological polar surface area (TPSA) is 52.6 Å². The molecule has 0 spiro atoms. The molecular formula is C12H17BrO4. The Labute approximate surface area is 109 Å². The van der Waals surface area contributed by atoms with Gasteiger partial charge in [-0.15, -0.1) is 0 Å². The van der Waals surface area contributed by atoms with Gasteiger partial charge < -0.3 is 9.47 Å². The third kappa shape index (κ3) is 3.56. The summed E-state index contributed by atoms with van der Waals surface area (Å²) in [7, 11) is 0.